The molecule has 1 fully saturated rings. The van der Waals surface area contributed by atoms with Crippen molar-refractivity contribution in [1.82, 2.24) is 0 Å². The maximum absolute atomic E-state index is 12.8. The molecule has 0 amide bonds. The van der Waals surface area contributed by atoms with Gasteiger partial charge in [-0.15, -0.1) is 0 Å². The second-order valence-corrected chi connectivity index (χ2v) is 4.92. The minimum Gasteiger partial charge on any atom is -0.243 e. The lowest BCUT2D eigenvalue weighted by atomic mass is 10.1. The van der Waals surface area contributed by atoms with E-state index in [1.54, 1.807) is 0 Å². The van der Waals surface area contributed by atoms with Crippen molar-refractivity contribution in [1.29, 1.82) is 0 Å². The fraction of sp³-hybridized carbons (Fsp3) is 1.00. The van der Waals surface area contributed by atoms with Crippen molar-refractivity contribution in [2.75, 3.05) is 5.75 Å². The van der Waals surface area contributed by atoms with Gasteiger partial charge >= 0.3 is 5.25 Å². The zero-order valence-corrected chi connectivity index (χ0v) is 6.84. The maximum Gasteiger partial charge on any atom is 0.381 e. The molecule has 0 spiro atoms. The van der Waals surface area contributed by atoms with Crippen molar-refractivity contribution < 1.29 is 26.0 Å². The predicted octanol–water partition coefficient (Wildman–Crippen LogP) is 1.07. The first kappa shape index (κ1) is 9.76. The van der Waals surface area contributed by atoms with Gasteiger partial charge in [0.2, 0.25) is 15.5 Å². The van der Waals surface area contributed by atoms with E-state index in [9.17, 15) is 26.0 Å². The summed E-state index contributed by atoms with van der Waals surface area (Å²) in [6.45, 7) is 0.252. The van der Waals surface area contributed by atoms with Crippen LogP contribution in [-0.2, 0) is 9.84 Å². The molecule has 0 aliphatic carbocycles. The first-order valence-corrected chi connectivity index (χ1v) is 4.71. The van der Waals surface area contributed by atoms with E-state index in [0.29, 0.717) is 0 Å². The van der Waals surface area contributed by atoms with Crippen molar-refractivity contribution in [2.24, 2.45) is 0 Å². The van der Waals surface area contributed by atoms with Gasteiger partial charge in [0, 0.05) is 0 Å². The number of halogens is 4. The third-order valence-corrected chi connectivity index (χ3v) is 3.83. The molecule has 0 radical (unpaired) electrons. The van der Waals surface area contributed by atoms with Crippen molar-refractivity contribution in [3.63, 3.8) is 0 Å². The van der Waals surface area contributed by atoms with E-state index in [4.69, 9.17) is 0 Å². The quantitative estimate of drug-likeness (QED) is 0.555. The highest BCUT2D eigenvalue weighted by Gasteiger charge is 2.71. The Morgan fingerprint density at radius 2 is 1.75 bits per heavy atom. The first-order valence-electron chi connectivity index (χ1n) is 3.06. The van der Waals surface area contributed by atoms with Crippen molar-refractivity contribution in [3.8, 4) is 0 Å². The number of sulfone groups is 1. The van der Waals surface area contributed by atoms with Crippen LogP contribution in [-0.4, -0.2) is 31.3 Å². The van der Waals surface area contributed by atoms with E-state index in [1.807, 2.05) is 0 Å². The van der Waals surface area contributed by atoms with Gasteiger partial charge in [-0.2, -0.15) is 8.78 Å². The molecule has 0 bridgehead atoms. The lowest BCUT2D eigenvalue weighted by Crippen LogP contribution is -2.44. The molecule has 0 aromatic rings. The van der Waals surface area contributed by atoms with Crippen LogP contribution >= 0.6 is 0 Å². The Morgan fingerprint density at radius 1 is 1.33 bits per heavy atom. The molecule has 0 saturated carbocycles. The lowest BCUT2D eigenvalue weighted by molar-refractivity contribution is -0.0817. The molecule has 2 atom stereocenters. The van der Waals surface area contributed by atoms with E-state index >= 15 is 0 Å². The zero-order valence-electron chi connectivity index (χ0n) is 6.02. The average molecular weight is 206 g/mol. The first-order chi connectivity index (χ1) is 5.13. The Morgan fingerprint density at radius 3 is 1.83 bits per heavy atom. The predicted molar refractivity (Wildman–Crippen MR) is 33.1 cm³/mol. The van der Waals surface area contributed by atoms with Crippen molar-refractivity contribution in [3.05, 3.63) is 0 Å². The van der Waals surface area contributed by atoms with Crippen molar-refractivity contribution >= 4 is 9.84 Å². The number of hydrogen-bond donors (Lipinski definition) is 0. The Balaban J connectivity index is 3.29. The van der Waals surface area contributed by atoms with Crippen LogP contribution in [0.2, 0.25) is 0 Å². The zero-order chi connectivity index (χ0) is 9.78. The molecule has 0 aromatic heterocycles. The van der Waals surface area contributed by atoms with Crippen molar-refractivity contribution in [2.45, 2.75) is 24.0 Å². The van der Waals surface area contributed by atoms with Gasteiger partial charge in [-0.05, 0) is 6.92 Å². The molecule has 7 heteroatoms. The minimum atomic E-state index is -4.96. The second-order valence-electron chi connectivity index (χ2n) is 2.84. The van der Waals surface area contributed by atoms with E-state index in [2.05, 4.69) is 0 Å². The SMILES string of the molecule is CC1(F)C(F)CS(=O)(=O)C1(F)F. The highest BCUT2D eigenvalue weighted by Crippen LogP contribution is 2.47. The summed E-state index contributed by atoms with van der Waals surface area (Å²) < 4.78 is 71.3. The van der Waals surface area contributed by atoms with Gasteiger partial charge in [0.25, 0.3) is 0 Å². The fourth-order valence-corrected chi connectivity index (χ4v) is 2.58. The standard InChI is InChI=1S/C5H6F4O2S/c1-4(7)3(6)2-12(10,11)5(4,8)9/h3H,2H2,1H3. The fourth-order valence-electron chi connectivity index (χ4n) is 0.940. The molecular formula is C5H6F4O2S. The third-order valence-electron chi connectivity index (χ3n) is 1.91. The van der Waals surface area contributed by atoms with Gasteiger partial charge in [0.15, 0.2) is 6.17 Å². The van der Waals surface area contributed by atoms with Gasteiger partial charge in [-0.25, -0.2) is 17.2 Å². The summed E-state index contributed by atoms with van der Waals surface area (Å²) >= 11 is 0. The molecule has 0 aromatic carbocycles. The molecule has 1 aliphatic heterocycles. The topological polar surface area (TPSA) is 34.1 Å². The van der Waals surface area contributed by atoms with Crippen LogP contribution in [0.15, 0.2) is 0 Å². The maximum atomic E-state index is 12.8. The number of alkyl halides is 4. The summed E-state index contributed by atoms with van der Waals surface area (Å²) in [5, 5.41) is -4.61. The van der Waals surface area contributed by atoms with Crippen LogP contribution in [0, 0.1) is 0 Å². The van der Waals surface area contributed by atoms with E-state index in [-0.39, 0.29) is 6.92 Å². The molecule has 72 valence electrons. The molecular weight excluding hydrogens is 200 g/mol. The van der Waals surface area contributed by atoms with Gasteiger partial charge in [-0.1, -0.05) is 0 Å². The van der Waals surface area contributed by atoms with Crippen LogP contribution in [0.1, 0.15) is 6.92 Å². The van der Waals surface area contributed by atoms with Crippen LogP contribution in [0.25, 0.3) is 0 Å². The van der Waals surface area contributed by atoms with E-state index in [1.165, 1.54) is 0 Å². The second kappa shape index (κ2) is 2.12. The summed E-state index contributed by atoms with van der Waals surface area (Å²) in [6, 6.07) is 0. The summed E-state index contributed by atoms with van der Waals surface area (Å²) in [5.41, 5.74) is -3.61. The summed E-state index contributed by atoms with van der Waals surface area (Å²) in [7, 11) is -4.96. The van der Waals surface area contributed by atoms with Crippen LogP contribution < -0.4 is 0 Å². The Hall–Kier alpha value is -0.330. The summed E-state index contributed by atoms with van der Waals surface area (Å²) in [5.74, 6) is -1.45. The van der Waals surface area contributed by atoms with E-state index < -0.39 is 32.7 Å². The highest BCUT2D eigenvalue weighted by molar-refractivity contribution is 7.92. The van der Waals surface area contributed by atoms with Gasteiger partial charge in [0.05, 0.1) is 5.75 Å². The normalized spacial score (nSPS) is 44.6. The van der Waals surface area contributed by atoms with Crippen LogP contribution in [0.3, 0.4) is 0 Å². The monoisotopic (exact) mass is 206 g/mol. The van der Waals surface area contributed by atoms with Gasteiger partial charge < -0.3 is 0 Å². The molecule has 2 unspecified atom stereocenters. The van der Waals surface area contributed by atoms with Gasteiger partial charge in [-0.3, -0.25) is 0 Å². The Labute approximate surface area is 66.5 Å². The molecule has 1 saturated heterocycles. The minimum absolute atomic E-state index is 0.252. The van der Waals surface area contributed by atoms with Crippen LogP contribution in [0.4, 0.5) is 17.6 Å². The Bertz CT molecular complexity index is 295. The average Bonchev–Trinajstić information content (AvgIpc) is 1.92. The number of rotatable bonds is 0. The molecule has 1 aliphatic rings. The van der Waals surface area contributed by atoms with E-state index in [0.717, 1.165) is 0 Å². The molecule has 1 rings (SSSR count). The number of hydrogen-bond acceptors (Lipinski definition) is 2. The molecule has 0 N–H and O–H groups in total. The highest BCUT2D eigenvalue weighted by atomic mass is 32.2. The summed E-state index contributed by atoms with van der Waals surface area (Å²) in [4.78, 5) is 0. The molecule has 1 heterocycles. The third kappa shape index (κ3) is 0.884. The largest absolute Gasteiger partial charge is 0.381 e. The summed E-state index contributed by atoms with van der Waals surface area (Å²) in [6.07, 6.45) is -2.66. The smallest absolute Gasteiger partial charge is 0.243 e. The van der Waals surface area contributed by atoms with Gasteiger partial charge in [0.1, 0.15) is 0 Å². The lowest BCUT2D eigenvalue weighted by Gasteiger charge is -2.21. The molecule has 2 nitrogen and oxygen atoms in total. The Kier molecular flexibility index (Phi) is 1.73. The van der Waals surface area contributed by atoms with Crippen LogP contribution in [0.5, 0.6) is 0 Å². The molecule has 12 heavy (non-hydrogen) atoms.